The summed E-state index contributed by atoms with van der Waals surface area (Å²) in [6, 6.07) is 17.5. The number of amides is 1. The topological polar surface area (TPSA) is 87.3 Å². The number of aromatic nitrogens is 2. The van der Waals surface area contributed by atoms with Crippen LogP contribution in [-0.4, -0.2) is 40.6 Å². The van der Waals surface area contributed by atoms with Gasteiger partial charge in [-0.1, -0.05) is 36.4 Å². The van der Waals surface area contributed by atoms with Gasteiger partial charge in [-0.2, -0.15) is 16.4 Å². The fourth-order valence-corrected chi connectivity index (χ4v) is 5.06. The third-order valence-corrected chi connectivity index (χ3v) is 6.93. The summed E-state index contributed by atoms with van der Waals surface area (Å²) in [7, 11) is 0. The minimum Gasteiger partial charge on any atom is -0.484 e. The molecule has 3 heterocycles. The Bertz CT molecular complexity index is 1350. The summed E-state index contributed by atoms with van der Waals surface area (Å²) in [6.45, 7) is 4.50. The van der Waals surface area contributed by atoms with Gasteiger partial charge in [0.1, 0.15) is 11.9 Å². The van der Waals surface area contributed by atoms with E-state index in [0.717, 1.165) is 24.4 Å². The van der Waals surface area contributed by atoms with Crippen LogP contribution in [0.2, 0.25) is 0 Å². The molecule has 0 unspecified atom stereocenters. The molecule has 0 radical (unpaired) electrons. The van der Waals surface area contributed by atoms with Crippen LogP contribution in [-0.2, 0) is 11.3 Å². The summed E-state index contributed by atoms with van der Waals surface area (Å²) in [5.74, 6) is 0.300. The van der Waals surface area contributed by atoms with Crippen molar-refractivity contribution in [2.24, 2.45) is 0 Å². The molecule has 1 amide bonds. The lowest BCUT2D eigenvalue weighted by atomic mass is 10.0. The highest BCUT2D eigenvalue weighted by Gasteiger charge is 2.25. The minimum absolute atomic E-state index is 0.0544. The molecule has 0 aliphatic carbocycles. The molecule has 0 spiro atoms. The Morgan fingerprint density at radius 3 is 2.82 bits per heavy atom. The molecule has 0 saturated heterocycles. The highest BCUT2D eigenvalue weighted by atomic mass is 32.1. The molecule has 2 aromatic carbocycles. The van der Waals surface area contributed by atoms with Gasteiger partial charge in [0.2, 0.25) is 5.91 Å². The predicted octanol–water partition coefficient (Wildman–Crippen LogP) is 3.84. The Labute approximate surface area is 201 Å². The molecule has 8 heteroatoms. The molecule has 0 bridgehead atoms. The molecule has 174 valence electrons. The molecule has 7 nitrogen and oxygen atoms in total. The van der Waals surface area contributed by atoms with E-state index in [1.54, 1.807) is 23.5 Å². The maximum Gasteiger partial charge on any atom is 0.272 e. The highest BCUT2D eigenvalue weighted by molar-refractivity contribution is 7.07. The fourth-order valence-electron chi connectivity index (χ4n) is 4.36. The largest absolute Gasteiger partial charge is 0.484 e. The van der Waals surface area contributed by atoms with Crippen LogP contribution in [0.5, 0.6) is 5.75 Å². The Hall–Kier alpha value is -3.49. The zero-order chi connectivity index (χ0) is 23.5. The summed E-state index contributed by atoms with van der Waals surface area (Å²) in [5, 5.41) is 15.2. The molecule has 5 rings (SSSR count). The number of fused-ring (bicyclic) bond motifs is 2. The van der Waals surface area contributed by atoms with Crippen molar-refractivity contribution in [1.82, 2.24) is 20.4 Å². The van der Waals surface area contributed by atoms with Crippen molar-refractivity contribution in [2.75, 3.05) is 19.6 Å². The van der Waals surface area contributed by atoms with Crippen molar-refractivity contribution in [2.45, 2.75) is 25.5 Å². The molecular weight excluding hydrogens is 448 g/mol. The highest BCUT2D eigenvalue weighted by Crippen LogP contribution is 2.31. The van der Waals surface area contributed by atoms with E-state index in [1.807, 2.05) is 37.3 Å². The van der Waals surface area contributed by atoms with Crippen LogP contribution < -0.4 is 15.6 Å². The number of carbonyl (C=O) groups is 1. The number of ether oxygens (including phenoxy) is 1. The number of para-hydroxylation sites is 1. The van der Waals surface area contributed by atoms with E-state index in [0.29, 0.717) is 29.6 Å². The van der Waals surface area contributed by atoms with E-state index in [2.05, 4.69) is 43.3 Å². The first-order valence-corrected chi connectivity index (χ1v) is 12.3. The SMILES string of the molecule is C[C@@H](C(=O)NCCN1Cc2ccccc2O[C@@H](c2ccsc2)C1)c1n[nH]c(=O)c2ccccc12. The lowest BCUT2D eigenvalue weighted by Crippen LogP contribution is -2.38. The van der Waals surface area contributed by atoms with E-state index in [1.165, 1.54) is 5.56 Å². The maximum atomic E-state index is 12.9. The number of nitrogens with one attached hydrogen (secondary N) is 2. The van der Waals surface area contributed by atoms with Crippen molar-refractivity contribution in [1.29, 1.82) is 0 Å². The van der Waals surface area contributed by atoms with E-state index in [4.69, 9.17) is 4.74 Å². The van der Waals surface area contributed by atoms with Crippen molar-refractivity contribution in [3.05, 3.63) is 92.5 Å². The summed E-state index contributed by atoms with van der Waals surface area (Å²) in [4.78, 5) is 27.3. The van der Waals surface area contributed by atoms with E-state index in [9.17, 15) is 9.59 Å². The number of rotatable bonds is 6. The van der Waals surface area contributed by atoms with Gasteiger partial charge in [-0.3, -0.25) is 14.5 Å². The van der Waals surface area contributed by atoms with E-state index >= 15 is 0 Å². The second-order valence-corrected chi connectivity index (χ2v) is 9.28. The Morgan fingerprint density at radius 2 is 2.00 bits per heavy atom. The third-order valence-electron chi connectivity index (χ3n) is 6.23. The van der Waals surface area contributed by atoms with Gasteiger partial charge in [0, 0.05) is 42.7 Å². The zero-order valence-electron chi connectivity index (χ0n) is 18.9. The third kappa shape index (κ3) is 4.60. The second kappa shape index (κ2) is 9.79. The molecule has 0 fully saturated rings. The molecule has 2 atom stereocenters. The number of thiophene rings is 1. The molecular formula is C26H26N4O3S. The number of benzene rings is 2. The molecule has 34 heavy (non-hydrogen) atoms. The van der Waals surface area contributed by atoms with Gasteiger partial charge < -0.3 is 10.1 Å². The van der Waals surface area contributed by atoms with Crippen LogP contribution in [0, 0.1) is 0 Å². The normalized spacial score (nSPS) is 16.9. The second-order valence-electron chi connectivity index (χ2n) is 8.50. The van der Waals surface area contributed by atoms with Gasteiger partial charge in [-0.05, 0) is 35.9 Å². The van der Waals surface area contributed by atoms with Gasteiger partial charge >= 0.3 is 0 Å². The first-order valence-electron chi connectivity index (χ1n) is 11.3. The molecule has 4 aromatic rings. The smallest absolute Gasteiger partial charge is 0.272 e. The Morgan fingerprint density at radius 1 is 1.21 bits per heavy atom. The lowest BCUT2D eigenvalue weighted by molar-refractivity contribution is -0.122. The molecule has 0 saturated carbocycles. The van der Waals surface area contributed by atoms with Gasteiger partial charge in [0.15, 0.2) is 0 Å². The van der Waals surface area contributed by atoms with Crippen molar-refractivity contribution >= 4 is 28.0 Å². The summed E-state index contributed by atoms with van der Waals surface area (Å²) in [5.41, 5.74) is 2.63. The first-order chi connectivity index (χ1) is 16.6. The number of carbonyl (C=O) groups excluding carboxylic acids is 1. The van der Waals surface area contributed by atoms with Crippen LogP contribution >= 0.6 is 11.3 Å². The number of hydrogen-bond acceptors (Lipinski definition) is 6. The van der Waals surface area contributed by atoms with Crippen LogP contribution in [0.25, 0.3) is 10.8 Å². The van der Waals surface area contributed by atoms with Crippen molar-refractivity contribution < 1.29 is 9.53 Å². The van der Waals surface area contributed by atoms with E-state index < -0.39 is 5.92 Å². The van der Waals surface area contributed by atoms with Crippen molar-refractivity contribution in [3.8, 4) is 5.75 Å². The average Bonchev–Trinajstić information content (AvgIpc) is 3.33. The molecule has 1 aliphatic heterocycles. The predicted molar refractivity (Wildman–Crippen MR) is 133 cm³/mol. The Kier molecular flexibility index (Phi) is 6.42. The first kappa shape index (κ1) is 22.3. The minimum atomic E-state index is -0.492. The number of nitrogens with zero attached hydrogens (tertiary/aromatic N) is 2. The van der Waals surface area contributed by atoms with Crippen LogP contribution in [0.15, 0.2) is 70.2 Å². The fraction of sp³-hybridized carbons (Fsp3) is 0.269. The van der Waals surface area contributed by atoms with Gasteiger partial charge in [0.05, 0.1) is 17.0 Å². The van der Waals surface area contributed by atoms with Gasteiger partial charge in [-0.15, -0.1) is 0 Å². The van der Waals surface area contributed by atoms with Crippen molar-refractivity contribution in [3.63, 3.8) is 0 Å². The molecule has 2 aromatic heterocycles. The van der Waals surface area contributed by atoms with Gasteiger partial charge in [0.25, 0.3) is 5.56 Å². The molecule has 1 aliphatic rings. The zero-order valence-corrected chi connectivity index (χ0v) is 19.7. The quantitative estimate of drug-likeness (QED) is 0.443. The molecule has 2 N–H and O–H groups in total. The van der Waals surface area contributed by atoms with Crippen LogP contribution in [0.3, 0.4) is 0 Å². The average molecular weight is 475 g/mol. The monoisotopic (exact) mass is 474 g/mol. The van der Waals surface area contributed by atoms with Crippen LogP contribution in [0.1, 0.15) is 35.8 Å². The summed E-state index contributed by atoms with van der Waals surface area (Å²) >= 11 is 1.66. The number of hydrogen-bond donors (Lipinski definition) is 2. The summed E-state index contributed by atoms with van der Waals surface area (Å²) in [6.07, 6.45) is -0.0544. The Balaban J connectivity index is 1.26. The summed E-state index contributed by atoms with van der Waals surface area (Å²) < 4.78 is 6.35. The number of aromatic amines is 1. The maximum absolute atomic E-state index is 12.9. The lowest BCUT2D eigenvalue weighted by Gasteiger charge is -2.24. The van der Waals surface area contributed by atoms with E-state index in [-0.39, 0.29) is 17.6 Å². The number of H-pyrrole nitrogens is 1. The standard InChI is InChI=1S/C26H26N4O3S/c1-17(24-20-7-3-4-8-21(20)26(32)29-28-24)25(31)27-11-12-30-14-18-6-2-5-9-22(18)33-23(15-30)19-10-13-34-16-19/h2-10,13,16-17,23H,11-12,14-15H2,1H3,(H,27,31)(H,29,32)/t17-,23-/m1/s1. The van der Waals surface area contributed by atoms with Crippen LogP contribution in [0.4, 0.5) is 0 Å². The van der Waals surface area contributed by atoms with Gasteiger partial charge in [-0.25, -0.2) is 5.10 Å².